The zero-order chi connectivity index (χ0) is 17.7. The van der Waals surface area contributed by atoms with Crippen LogP contribution in [-0.4, -0.2) is 33.5 Å². The fourth-order valence-corrected chi connectivity index (χ4v) is 1.70. The van der Waals surface area contributed by atoms with Gasteiger partial charge in [0.2, 0.25) is 11.8 Å². The Bertz CT molecular complexity index is 726. The van der Waals surface area contributed by atoms with Crippen molar-refractivity contribution in [1.29, 1.82) is 0 Å². The molecule has 1 heterocycles. The van der Waals surface area contributed by atoms with Gasteiger partial charge in [-0.15, -0.1) is 5.10 Å². The molecule has 24 heavy (non-hydrogen) atoms. The van der Waals surface area contributed by atoms with Crippen LogP contribution in [0.5, 0.6) is 5.75 Å². The summed E-state index contributed by atoms with van der Waals surface area (Å²) < 4.78 is 42.2. The Morgan fingerprint density at radius 3 is 2.46 bits per heavy atom. The van der Waals surface area contributed by atoms with Crippen LogP contribution < -0.4 is 10.1 Å². The molecule has 1 amide bonds. The predicted molar refractivity (Wildman–Crippen MR) is 76.6 cm³/mol. The van der Waals surface area contributed by atoms with Gasteiger partial charge in [-0.25, -0.2) is 0 Å². The molecular formula is C14H13F3N4O3. The molecule has 0 bridgehead atoms. The quantitative estimate of drug-likeness (QED) is 0.786. The number of nitrogens with one attached hydrogen (secondary N) is 2. The number of carbonyl (C=O) groups is 2. The topological polar surface area (TPSA) is 97.0 Å². The maximum atomic E-state index is 12.3. The molecule has 1 aromatic carbocycles. The first-order valence-corrected chi connectivity index (χ1v) is 6.85. The van der Waals surface area contributed by atoms with E-state index in [2.05, 4.69) is 15.4 Å². The zero-order valence-corrected chi connectivity index (χ0v) is 12.5. The van der Waals surface area contributed by atoms with Crippen LogP contribution in [0.4, 0.5) is 19.1 Å². The van der Waals surface area contributed by atoms with Crippen molar-refractivity contribution in [2.45, 2.75) is 19.5 Å². The summed E-state index contributed by atoms with van der Waals surface area (Å²) in [6.45, 7) is 1.29. The first-order chi connectivity index (χ1) is 11.3. The number of Topliss-reactive ketones (excluding diaryl/α,β-unsaturated/α-hetero) is 1. The monoisotopic (exact) mass is 342 g/mol. The molecule has 0 atom stereocenters. The predicted octanol–water partition coefficient (Wildman–Crippen LogP) is 2.43. The van der Waals surface area contributed by atoms with Gasteiger partial charge in [0.25, 0.3) is 5.91 Å². The summed E-state index contributed by atoms with van der Waals surface area (Å²) in [5.74, 6) is -2.22. The van der Waals surface area contributed by atoms with Crippen LogP contribution in [0.25, 0.3) is 0 Å². The van der Waals surface area contributed by atoms with Crippen LogP contribution in [0, 0.1) is 0 Å². The highest BCUT2D eigenvalue weighted by molar-refractivity contribution is 5.95. The molecular weight excluding hydrogens is 329 g/mol. The van der Waals surface area contributed by atoms with Gasteiger partial charge in [0.1, 0.15) is 5.75 Å². The fraction of sp³-hybridized carbons (Fsp3) is 0.286. The van der Waals surface area contributed by atoms with Gasteiger partial charge in [-0.3, -0.25) is 20.0 Å². The Hall–Kier alpha value is -2.91. The number of halogens is 3. The van der Waals surface area contributed by atoms with Crippen molar-refractivity contribution in [2.24, 2.45) is 0 Å². The van der Waals surface area contributed by atoms with E-state index >= 15 is 0 Å². The van der Waals surface area contributed by atoms with Crippen molar-refractivity contribution in [3.63, 3.8) is 0 Å². The normalized spacial score (nSPS) is 11.2. The molecule has 10 heteroatoms. The van der Waals surface area contributed by atoms with Crippen LogP contribution in [-0.2, 0) is 11.0 Å². The highest BCUT2D eigenvalue weighted by Gasteiger charge is 2.35. The number of H-pyrrole nitrogens is 1. The van der Waals surface area contributed by atoms with Gasteiger partial charge in [0.05, 0.1) is 0 Å². The molecule has 7 nitrogen and oxygen atoms in total. The number of aromatic amines is 1. The summed E-state index contributed by atoms with van der Waals surface area (Å²) in [6, 6.07) is 6.16. The van der Waals surface area contributed by atoms with E-state index in [9.17, 15) is 22.8 Å². The Kier molecular flexibility index (Phi) is 5.17. The molecule has 0 saturated carbocycles. The number of carbonyl (C=O) groups excluding carboxylic acids is 2. The molecule has 0 aliphatic rings. The lowest BCUT2D eigenvalue weighted by atomic mass is 10.1. The minimum atomic E-state index is -4.68. The van der Waals surface area contributed by atoms with Gasteiger partial charge in [-0.05, 0) is 24.3 Å². The number of rotatable bonds is 6. The Morgan fingerprint density at radius 2 is 1.92 bits per heavy atom. The van der Waals surface area contributed by atoms with Crippen molar-refractivity contribution in [2.75, 3.05) is 11.9 Å². The number of amides is 1. The van der Waals surface area contributed by atoms with Crippen LogP contribution >= 0.6 is 0 Å². The van der Waals surface area contributed by atoms with Crippen molar-refractivity contribution in [1.82, 2.24) is 15.2 Å². The SMILES string of the molecule is CCC(=O)c1ccc(OCC(=O)Nc2n[nH]c(C(F)(F)F)n2)cc1. The second kappa shape index (κ2) is 7.11. The fourth-order valence-electron chi connectivity index (χ4n) is 1.70. The summed E-state index contributed by atoms with van der Waals surface area (Å²) in [5.41, 5.74) is 0.523. The molecule has 0 spiro atoms. The highest BCUT2D eigenvalue weighted by atomic mass is 19.4. The molecule has 0 unspecified atom stereocenters. The third kappa shape index (κ3) is 4.54. The second-order valence-corrected chi connectivity index (χ2v) is 4.64. The summed E-state index contributed by atoms with van der Waals surface area (Å²) in [7, 11) is 0. The molecule has 128 valence electrons. The Balaban J connectivity index is 1.87. The largest absolute Gasteiger partial charge is 0.484 e. The van der Waals surface area contributed by atoms with Crippen molar-refractivity contribution in [3.05, 3.63) is 35.7 Å². The lowest BCUT2D eigenvalue weighted by Gasteiger charge is -2.06. The smallest absolute Gasteiger partial charge is 0.451 e. The Morgan fingerprint density at radius 1 is 1.25 bits per heavy atom. The lowest BCUT2D eigenvalue weighted by Crippen LogP contribution is -2.21. The standard InChI is InChI=1S/C14H13F3N4O3/c1-2-10(22)8-3-5-9(6-4-8)24-7-11(23)18-13-19-12(20-21-13)14(15,16)17/h3-6H,2,7H2,1H3,(H2,18,19,20,21,23). The van der Waals surface area contributed by atoms with E-state index in [-0.39, 0.29) is 5.78 Å². The third-order valence-electron chi connectivity index (χ3n) is 2.87. The first kappa shape index (κ1) is 17.4. The maximum absolute atomic E-state index is 12.3. The molecule has 2 N–H and O–H groups in total. The van der Waals surface area contributed by atoms with Crippen molar-refractivity contribution < 1.29 is 27.5 Å². The van der Waals surface area contributed by atoms with Gasteiger partial charge >= 0.3 is 6.18 Å². The van der Waals surface area contributed by atoms with Gasteiger partial charge in [-0.1, -0.05) is 6.92 Å². The first-order valence-electron chi connectivity index (χ1n) is 6.85. The van der Waals surface area contributed by atoms with Crippen LogP contribution in [0.15, 0.2) is 24.3 Å². The van der Waals surface area contributed by atoms with E-state index in [4.69, 9.17) is 4.74 Å². The van der Waals surface area contributed by atoms with Gasteiger partial charge in [-0.2, -0.15) is 18.2 Å². The van der Waals surface area contributed by atoms with E-state index < -0.39 is 30.5 Å². The van der Waals surface area contributed by atoms with Gasteiger partial charge in [0, 0.05) is 12.0 Å². The van der Waals surface area contributed by atoms with E-state index in [1.54, 1.807) is 24.2 Å². The number of anilines is 1. The highest BCUT2D eigenvalue weighted by Crippen LogP contribution is 2.26. The summed E-state index contributed by atoms with van der Waals surface area (Å²) in [4.78, 5) is 26.2. The summed E-state index contributed by atoms with van der Waals surface area (Å²) in [6.07, 6.45) is -4.30. The van der Waals surface area contributed by atoms with Crippen molar-refractivity contribution >= 4 is 17.6 Å². The molecule has 2 aromatic rings. The maximum Gasteiger partial charge on any atom is 0.451 e. The number of hydrogen-bond donors (Lipinski definition) is 2. The Labute approximate surface area is 134 Å². The summed E-state index contributed by atoms with van der Waals surface area (Å²) in [5, 5.41) is 6.98. The minimum absolute atomic E-state index is 0.0237. The zero-order valence-electron chi connectivity index (χ0n) is 12.5. The number of hydrogen-bond acceptors (Lipinski definition) is 5. The molecule has 0 aliphatic heterocycles. The molecule has 1 aromatic heterocycles. The number of ketones is 1. The van der Waals surface area contributed by atoms with E-state index in [1.165, 1.54) is 12.1 Å². The number of aromatic nitrogens is 3. The average molecular weight is 342 g/mol. The van der Waals surface area contributed by atoms with Crippen LogP contribution in [0.3, 0.4) is 0 Å². The number of nitrogens with zero attached hydrogens (tertiary/aromatic N) is 2. The minimum Gasteiger partial charge on any atom is -0.484 e. The molecule has 2 rings (SSSR count). The molecule has 0 aliphatic carbocycles. The second-order valence-electron chi connectivity index (χ2n) is 4.64. The van der Waals surface area contributed by atoms with Gasteiger partial charge < -0.3 is 4.74 Å². The number of alkyl halides is 3. The van der Waals surface area contributed by atoms with Crippen molar-refractivity contribution in [3.8, 4) is 5.75 Å². The number of ether oxygens (including phenoxy) is 1. The van der Waals surface area contributed by atoms with Gasteiger partial charge in [0.15, 0.2) is 12.4 Å². The molecule has 0 fully saturated rings. The van der Waals surface area contributed by atoms with Crippen LogP contribution in [0.2, 0.25) is 0 Å². The molecule has 0 radical (unpaired) electrons. The van der Waals surface area contributed by atoms with E-state index in [0.29, 0.717) is 17.7 Å². The molecule has 0 saturated heterocycles. The van der Waals surface area contributed by atoms with Crippen LogP contribution in [0.1, 0.15) is 29.5 Å². The van der Waals surface area contributed by atoms with E-state index in [1.807, 2.05) is 0 Å². The number of benzene rings is 1. The van der Waals surface area contributed by atoms with E-state index in [0.717, 1.165) is 0 Å². The lowest BCUT2D eigenvalue weighted by molar-refractivity contribution is -0.144. The third-order valence-corrected chi connectivity index (χ3v) is 2.87. The summed E-state index contributed by atoms with van der Waals surface area (Å²) >= 11 is 0. The average Bonchev–Trinajstić information content (AvgIpc) is 3.01.